The van der Waals surface area contributed by atoms with Gasteiger partial charge in [-0.15, -0.1) is 0 Å². The summed E-state index contributed by atoms with van der Waals surface area (Å²) in [5, 5.41) is 19.2. The lowest BCUT2D eigenvalue weighted by Crippen LogP contribution is -2.49. The summed E-state index contributed by atoms with van der Waals surface area (Å²) in [7, 11) is 0. The zero-order valence-electron chi connectivity index (χ0n) is 13.0. The van der Waals surface area contributed by atoms with Crippen LogP contribution >= 0.6 is 0 Å². The fourth-order valence-electron chi connectivity index (χ4n) is 2.56. The molecule has 4 unspecified atom stereocenters. The first-order valence-corrected chi connectivity index (χ1v) is 7.14. The van der Waals surface area contributed by atoms with Gasteiger partial charge in [0.25, 0.3) is 0 Å². The second-order valence-electron chi connectivity index (χ2n) is 5.21. The molecule has 0 fully saturated rings. The Morgan fingerprint density at radius 3 is 2.10 bits per heavy atom. The number of nitrogens with zero attached hydrogens (tertiary/aromatic N) is 1. The van der Waals surface area contributed by atoms with Crippen LogP contribution < -0.4 is 0 Å². The highest BCUT2D eigenvalue weighted by Gasteiger charge is 2.56. The van der Waals surface area contributed by atoms with Crippen LogP contribution in [0.5, 0.6) is 0 Å². The maximum atomic E-state index is 12.4. The summed E-state index contributed by atoms with van der Waals surface area (Å²) in [6.07, 6.45) is 1.11. The van der Waals surface area contributed by atoms with Gasteiger partial charge >= 0.3 is 11.9 Å². The lowest BCUT2D eigenvalue weighted by Gasteiger charge is -2.37. The van der Waals surface area contributed by atoms with Gasteiger partial charge in [-0.05, 0) is 18.8 Å². The van der Waals surface area contributed by atoms with Gasteiger partial charge in [0.2, 0.25) is 0 Å². The summed E-state index contributed by atoms with van der Waals surface area (Å²) in [5.41, 5.74) is -1.63. The first kappa shape index (κ1) is 18.4. The molecule has 20 heavy (non-hydrogen) atoms. The molecule has 1 N–H and O–H groups in total. The Morgan fingerprint density at radius 1 is 1.25 bits per heavy atom. The molecular weight excluding hydrogens is 258 g/mol. The Bertz CT molecular complexity index is 388. The molecule has 0 aromatic heterocycles. The number of esters is 1. The lowest BCUT2D eigenvalue weighted by atomic mass is 9.62. The fraction of sp³-hybridized carbons (Fsp3) is 0.800. The Kier molecular flexibility index (Phi) is 7.26. The van der Waals surface area contributed by atoms with Crippen molar-refractivity contribution >= 4 is 11.9 Å². The van der Waals surface area contributed by atoms with Crippen LogP contribution in [0, 0.1) is 34.5 Å². The topological polar surface area (TPSA) is 87.4 Å². The summed E-state index contributed by atoms with van der Waals surface area (Å²) in [4.78, 5) is 24.0. The summed E-state index contributed by atoms with van der Waals surface area (Å²) < 4.78 is 5.02. The monoisotopic (exact) mass is 283 g/mol. The van der Waals surface area contributed by atoms with E-state index in [1.54, 1.807) is 20.8 Å². The van der Waals surface area contributed by atoms with E-state index in [4.69, 9.17) is 4.74 Å². The van der Waals surface area contributed by atoms with E-state index in [9.17, 15) is 20.0 Å². The minimum Gasteiger partial charge on any atom is -0.481 e. The van der Waals surface area contributed by atoms with Crippen molar-refractivity contribution in [3.8, 4) is 6.07 Å². The van der Waals surface area contributed by atoms with E-state index in [0.717, 1.165) is 0 Å². The van der Waals surface area contributed by atoms with Gasteiger partial charge in [-0.2, -0.15) is 5.26 Å². The van der Waals surface area contributed by atoms with Crippen LogP contribution in [0.15, 0.2) is 0 Å². The predicted molar refractivity (Wildman–Crippen MR) is 74.7 cm³/mol. The van der Waals surface area contributed by atoms with Crippen molar-refractivity contribution < 1.29 is 19.4 Å². The smallest absolute Gasteiger partial charge is 0.327 e. The maximum absolute atomic E-state index is 12.4. The van der Waals surface area contributed by atoms with Gasteiger partial charge in [-0.25, -0.2) is 0 Å². The normalized spacial score (nSPS) is 18.2. The zero-order chi connectivity index (χ0) is 15.9. The van der Waals surface area contributed by atoms with E-state index >= 15 is 0 Å². The van der Waals surface area contributed by atoms with Crippen LogP contribution in [0.25, 0.3) is 0 Å². The predicted octanol–water partition coefficient (Wildman–Crippen LogP) is 2.85. The summed E-state index contributed by atoms with van der Waals surface area (Å²) >= 11 is 0. The van der Waals surface area contributed by atoms with Crippen molar-refractivity contribution in [2.24, 2.45) is 23.2 Å². The number of aliphatic carboxylic acids is 1. The van der Waals surface area contributed by atoms with Crippen molar-refractivity contribution in [1.29, 1.82) is 5.26 Å². The van der Waals surface area contributed by atoms with Gasteiger partial charge in [0, 0.05) is 0 Å². The van der Waals surface area contributed by atoms with E-state index in [-0.39, 0.29) is 18.4 Å². The molecule has 4 atom stereocenters. The first-order chi connectivity index (χ1) is 9.33. The molecule has 0 radical (unpaired) electrons. The standard InChI is InChI=1S/C15H25NO4/c1-6-10(4)12(13(17)18)15(9-16,11(5)7-2)14(19)20-8-3/h10-12H,6-8H2,1-5H3,(H,17,18). The van der Waals surface area contributed by atoms with Crippen molar-refractivity contribution in [3.05, 3.63) is 0 Å². The van der Waals surface area contributed by atoms with Crippen molar-refractivity contribution in [2.75, 3.05) is 6.61 Å². The Hall–Kier alpha value is -1.57. The molecule has 0 aliphatic rings. The maximum Gasteiger partial charge on any atom is 0.327 e. The molecule has 0 saturated heterocycles. The number of carboxylic acids is 1. The molecule has 0 heterocycles. The number of hydrogen-bond acceptors (Lipinski definition) is 4. The third-order valence-corrected chi connectivity index (χ3v) is 4.16. The molecule has 0 aromatic rings. The van der Waals surface area contributed by atoms with Gasteiger partial charge < -0.3 is 9.84 Å². The Morgan fingerprint density at radius 2 is 1.80 bits per heavy atom. The number of rotatable bonds is 8. The first-order valence-electron chi connectivity index (χ1n) is 7.14. The highest BCUT2D eigenvalue weighted by atomic mass is 16.5. The lowest BCUT2D eigenvalue weighted by molar-refractivity contribution is -0.169. The average Bonchev–Trinajstić information content (AvgIpc) is 2.42. The van der Waals surface area contributed by atoms with E-state index in [0.29, 0.717) is 12.8 Å². The zero-order valence-corrected chi connectivity index (χ0v) is 13.0. The quantitative estimate of drug-likeness (QED) is 0.692. The number of carbonyl (C=O) groups excluding carboxylic acids is 1. The molecule has 0 rings (SSSR count). The fourth-order valence-corrected chi connectivity index (χ4v) is 2.56. The van der Waals surface area contributed by atoms with Crippen LogP contribution in [-0.2, 0) is 14.3 Å². The molecule has 0 aromatic carbocycles. The highest BCUT2D eigenvalue weighted by molar-refractivity contribution is 5.87. The number of carboxylic acid groups (broad SMARTS) is 1. The summed E-state index contributed by atoms with van der Waals surface area (Å²) in [6, 6.07) is 1.99. The molecule has 0 amide bonds. The molecule has 0 aliphatic carbocycles. The van der Waals surface area contributed by atoms with E-state index in [1.807, 2.05) is 19.9 Å². The minimum absolute atomic E-state index is 0.130. The number of nitriles is 1. The van der Waals surface area contributed by atoms with Crippen molar-refractivity contribution in [1.82, 2.24) is 0 Å². The van der Waals surface area contributed by atoms with Gasteiger partial charge in [0.15, 0.2) is 5.41 Å². The number of hydrogen-bond donors (Lipinski definition) is 1. The van der Waals surface area contributed by atoms with E-state index in [1.165, 1.54) is 0 Å². The number of carbonyl (C=O) groups is 2. The molecule has 114 valence electrons. The third-order valence-electron chi connectivity index (χ3n) is 4.16. The molecule has 0 saturated carbocycles. The van der Waals surface area contributed by atoms with Crippen LogP contribution in [0.3, 0.4) is 0 Å². The highest BCUT2D eigenvalue weighted by Crippen LogP contribution is 2.43. The van der Waals surface area contributed by atoms with Gasteiger partial charge in [-0.3, -0.25) is 9.59 Å². The summed E-state index contributed by atoms with van der Waals surface area (Å²) in [6.45, 7) is 8.96. The van der Waals surface area contributed by atoms with Gasteiger partial charge in [-0.1, -0.05) is 40.5 Å². The Labute approximate surface area is 120 Å². The van der Waals surface area contributed by atoms with Crippen molar-refractivity contribution in [2.45, 2.75) is 47.5 Å². The Balaban J connectivity index is 5.99. The van der Waals surface area contributed by atoms with Gasteiger partial charge in [0.05, 0.1) is 18.6 Å². The van der Waals surface area contributed by atoms with Crippen LogP contribution in [0.1, 0.15) is 47.5 Å². The van der Waals surface area contributed by atoms with Crippen LogP contribution in [0.2, 0.25) is 0 Å². The molecular formula is C15H25NO4. The molecule has 0 bridgehead atoms. The molecule has 0 spiro atoms. The second kappa shape index (κ2) is 7.88. The average molecular weight is 283 g/mol. The third kappa shape index (κ3) is 3.30. The largest absolute Gasteiger partial charge is 0.481 e. The summed E-state index contributed by atoms with van der Waals surface area (Å²) in [5.74, 6) is -3.57. The molecule has 5 nitrogen and oxygen atoms in total. The minimum atomic E-state index is -1.63. The molecule has 5 heteroatoms. The van der Waals surface area contributed by atoms with E-state index in [2.05, 4.69) is 0 Å². The SMILES string of the molecule is CCOC(=O)C(C#N)(C(C)CC)C(C(=O)O)C(C)CC. The van der Waals surface area contributed by atoms with Crippen molar-refractivity contribution in [3.63, 3.8) is 0 Å². The van der Waals surface area contributed by atoms with E-state index < -0.39 is 23.3 Å². The van der Waals surface area contributed by atoms with Crippen LogP contribution in [-0.4, -0.2) is 23.7 Å². The van der Waals surface area contributed by atoms with Crippen LogP contribution in [0.4, 0.5) is 0 Å². The number of ether oxygens (including phenoxy) is 1. The van der Waals surface area contributed by atoms with Gasteiger partial charge in [0.1, 0.15) is 0 Å². The second-order valence-corrected chi connectivity index (χ2v) is 5.21. The molecule has 0 aliphatic heterocycles.